The monoisotopic (exact) mass is 515 g/mol. The van der Waals surface area contributed by atoms with Gasteiger partial charge in [0.25, 0.3) is 0 Å². The van der Waals surface area contributed by atoms with Gasteiger partial charge in [0.05, 0.1) is 15.6 Å². The first-order valence-corrected chi connectivity index (χ1v) is 12.4. The number of nitro benzene ring substituents is 1. The summed E-state index contributed by atoms with van der Waals surface area (Å²) in [6.07, 6.45) is 2.03. The molecule has 0 bridgehead atoms. The number of carbonyl (C=O) groups excluding carboxylic acids is 2. The Morgan fingerprint density at radius 2 is 1.86 bits per heavy atom. The number of aryl methyl sites for hydroxylation is 1. The number of rotatable bonds is 5. The van der Waals surface area contributed by atoms with Gasteiger partial charge >= 0.3 is 11.8 Å². The molecule has 0 unspecified atom stereocenters. The molecule has 1 aliphatic heterocycles. The number of ketones is 1. The molecule has 2 aliphatic rings. The van der Waals surface area contributed by atoms with Crippen molar-refractivity contribution in [1.29, 1.82) is 0 Å². The number of hydrogen-bond donors (Lipinski definition) is 1. The molecular weight excluding hydrogens is 486 g/mol. The minimum absolute atomic E-state index is 0.117. The Labute approximate surface area is 214 Å². The van der Waals surface area contributed by atoms with Crippen molar-refractivity contribution in [1.82, 2.24) is 4.90 Å². The Bertz CT molecular complexity index is 1180. The number of halogens is 1. The lowest BCUT2D eigenvalue weighted by Crippen LogP contribution is -2.44. The zero-order valence-corrected chi connectivity index (χ0v) is 21.4. The number of nitrogens with one attached hydrogen (secondary N) is 1. The number of piperidine rings is 1. The minimum Gasteiger partial charge on any atom is -0.483 e. The molecule has 0 atom stereocenters. The van der Waals surface area contributed by atoms with Crippen molar-refractivity contribution in [3.05, 3.63) is 56.6 Å². The number of hydrogen-bond acceptors (Lipinski definition) is 7. The van der Waals surface area contributed by atoms with Gasteiger partial charge in [0.1, 0.15) is 17.5 Å². The largest absolute Gasteiger partial charge is 0.483 e. The maximum atomic E-state index is 12.3. The first-order valence-electron chi connectivity index (χ1n) is 12.0. The Balaban J connectivity index is 1.48. The van der Waals surface area contributed by atoms with E-state index in [9.17, 15) is 19.7 Å². The Morgan fingerprint density at radius 1 is 1.14 bits per heavy atom. The SMILES string of the molecule is CC(C)(C)OC(=O)N1CCC(Oc2cc(Nc3ccc4c(c3)CCC(=O)C4)c(Cl)cc2[N+](=O)[O-])CC1. The van der Waals surface area contributed by atoms with Crippen LogP contribution in [0.25, 0.3) is 0 Å². The van der Waals surface area contributed by atoms with Crippen molar-refractivity contribution in [2.75, 3.05) is 18.4 Å². The molecule has 0 saturated carbocycles. The molecule has 36 heavy (non-hydrogen) atoms. The third kappa shape index (κ3) is 6.26. The van der Waals surface area contributed by atoms with Crippen LogP contribution in [-0.4, -0.2) is 46.5 Å². The Hall–Kier alpha value is -3.33. The molecule has 4 rings (SSSR count). The molecule has 1 fully saturated rings. The quantitative estimate of drug-likeness (QED) is 0.394. The van der Waals surface area contributed by atoms with Crippen LogP contribution in [0.15, 0.2) is 30.3 Å². The molecule has 0 aromatic heterocycles. The van der Waals surface area contributed by atoms with E-state index >= 15 is 0 Å². The molecule has 1 amide bonds. The van der Waals surface area contributed by atoms with Crippen LogP contribution in [-0.2, 0) is 22.4 Å². The number of carbonyl (C=O) groups is 2. The fourth-order valence-electron chi connectivity index (χ4n) is 4.38. The third-order valence-electron chi connectivity index (χ3n) is 6.18. The average molecular weight is 516 g/mol. The van der Waals surface area contributed by atoms with Crippen LogP contribution >= 0.6 is 11.6 Å². The zero-order chi connectivity index (χ0) is 26.0. The van der Waals surface area contributed by atoms with E-state index in [0.29, 0.717) is 50.9 Å². The predicted molar refractivity (Wildman–Crippen MR) is 136 cm³/mol. The number of nitro groups is 1. The lowest BCUT2D eigenvalue weighted by Gasteiger charge is -2.33. The summed E-state index contributed by atoms with van der Waals surface area (Å²) in [5.41, 5.74) is 2.58. The minimum atomic E-state index is -0.576. The average Bonchev–Trinajstić information content (AvgIpc) is 2.80. The molecule has 2 aromatic rings. The fraction of sp³-hybridized carbons (Fsp3) is 0.462. The lowest BCUT2D eigenvalue weighted by molar-refractivity contribution is -0.386. The molecule has 0 spiro atoms. The second kappa shape index (κ2) is 10.3. The number of ether oxygens (including phenoxy) is 2. The van der Waals surface area contributed by atoms with Gasteiger partial charge in [-0.1, -0.05) is 17.7 Å². The van der Waals surface area contributed by atoms with Gasteiger partial charge in [0, 0.05) is 56.6 Å². The number of likely N-dealkylation sites (tertiary alicyclic amines) is 1. The molecule has 2 aromatic carbocycles. The van der Waals surface area contributed by atoms with Gasteiger partial charge in [0.15, 0.2) is 5.75 Å². The van der Waals surface area contributed by atoms with Gasteiger partial charge in [-0.15, -0.1) is 0 Å². The van der Waals surface area contributed by atoms with E-state index in [1.165, 1.54) is 6.07 Å². The van der Waals surface area contributed by atoms with Gasteiger partial charge < -0.3 is 19.7 Å². The van der Waals surface area contributed by atoms with Gasteiger partial charge in [-0.3, -0.25) is 14.9 Å². The van der Waals surface area contributed by atoms with Crippen molar-refractivity contribution in [3.63, 3.8) is 0 Å². The fourth-order valence-corrected chi connectivity index (χ4v) is 4.58. The summed E-state index contributed by atoms with van der Waals surface area (Å²) in [5.74, 6) is 0.353. The standard InChI is InChI=1S/C26H30ClN3O6/c1-26(2,3)36-25(32)29-10-8-20(9-11-29)35-24-15-22(21(27)14-23(24)30(33)34)28-18-6-4-17-13-19(31)7-5-16(17)12-18/h4,6,12,14-15,20,28H,5,7-11,13H2,1-3H3. The number of amides is 1. The second-order valence-electron chi connectivity index (χ2n) is 10.2. The lowest BCUT2D eigenvalue weighted by atomic mass is 9.90. The highest BCUT2D eigenvalue weighted by atomic mass is 35.5. The van der Waals surface area contributed by atoms with Gasteiger partial charge in [-0.05, 0) is 50.5 Å². The molecule has 1 aliphatic carbocycles. The zero-order valence-electron chi connectivity index (χ0n) is 20.6. The first-order chi connectivity index (χ1) is 17.0. The number of nitrogens with zero attached hydrogens (tertiary/aromatic N) is 2. The van der Waals surface area contributed by atoms with Crippen molar-refractivity contribution >= 4 is 40.5 Å². The molecular formula is C26H30ClN3O6. The Morgan fingerprint density at radius 3 is 2.53 bits per heavy atom. The van der Waals surface area contributed by atoms with Crippen LogP contribution in [0, 0.1) is 10.1 Å². The highest BCUT2D eigenvalue weighted by Gasteiger charge is 2.29. The number of Topliss-reactive ketones (excluding diaryl/α,β-unsaturated/α-hetero) is 1. The van der Waals surface area contributed by atoms with Crippen molar-refractivity contribution < 1.29 is 24.0 Å². The number of anilines is 2. The van der Waals surface area contributed by atoms with E-state index in [0.717, 1.165) is 16.8 Å². The van der Waals surface area contributed by atoms with Crippen LogP contribution in [0.3, 0.4) is 0 Å². The number of benzene rings is 2. The van der Waals surface area contributed by atoms with Crippen molar-refractivity contribution in [2.45, 2.75) is 64.6 Å². The summed E-state index contributed by atoms with van der Waals surface area (Å²) in [7, 11) is 0. The van der Waals surface area contributed by atoms with Gasteiger partial charge in [-0.2, -0.15) is 0 Å². The van der Waals surface area contributed by atoms with Crippen molar-refractivity contribution in [2.24, 2.45) is 0 Å². The normalized spacial score (nSPS) is 16.3. The van der Waals surface area contributed by atoms with E-state index in [-0.39, 0.29) is 34.4 Å². The van der Waals surface area contributed by atoms with Crippen LogP contribution in [0.1, 0.15) is 51.2 Å². The van der Waals surface area contributed by atoms with Gasteiger partial charge in [0.2, 0.25) is 0 Å². The summed E-state index contributed by atoms with van der Waals surface area (Å²) in [5, 5.41) is 15.1. The van der Waals surface area contributed by atoms with Crippen LogP contribution in [0.2, 0.25) is 5.02 Å². The van der Waals surface area contributed by atoms with Gasteiger partial charge in [-0.25, -0.2) is 4.79 Å². The predicted octanol–water partition coefficient (Wildman–Crippen LogP) is 5.83. The maximum absolute atomic E-state index is 12.3. The van der Waals surface area contributed by atoms with Crippen LogP contribution < -0.4 is 10.1 Å². The van der Waals surface area contributed by atoms with Crippen LogP contribution in [0.5, 0.6) is 5.75 Å². The summed E-state index contributed by atoms with van der Waals surface area (Å²) in [6.45, 7) is 6.32. The highest BCUT2D eigenvalue weighted by Crippen LogP contribution is 2.39. The molecule has 0 radical (unpaired) electrons. The highest BCUT2D eigenvalue weighted by molar-refractivity contribution is 6.33. The third-order valence-corrected chi connectivity index (χ3v) is 6.49. The molecule has 10 heteroatoms. The Kier molecular flexibility index (Phi) is 7.40. The molecule has 1 heterocycles. The molecule has 1 saturated heterocycles. The topological polar surface area (TPSA) is 111 Å². The number of fused-ring (bicyclic) bond motifs is 1. The molecule has 1 N–H and O–H groups in total. The smallest absolute Gasteiger partial charge is 0.410 e. The van der Waals surface area contributed by atoms with E-state index in [1.807, 2.05) is 39.0 Å². The van der Waals surface area contributed by atoms with E-state index in [2.05, 4.69) is 5.32 Å². The summed E-state index contributed by atoms with van der Waals surface area (Å²) in [6, 6.07) is 8.59. The summed E-state index contributed by atoms with van der Waals surface area (Å²) >= 11 is 6.38. The van der Waals surface area contributed by atoms with Crippen LogP contribution in [0.4, 0.5) is 21.9 Å². The van der Waals surface area contributed by atoms with E-state index in [1.54, 1.807) is 11.0 Å². The molecule has 192 valence electrons. The van der Waals surface area contributed by atoms with E-state index in [4.69, 9.17) is 21.1 Å². The first kappa shape index (κ1) is 25.8. The second-order valence-corrected chi connectivity index (χ2v) is 10.6. The van der Waals surface area contributed by atoms with Crippen molar-refractivity contribution in [3.8, 4) is 5.75 Å². The maximum Gasteiger partial charge on any atom is 0.410 e. The summed E-state index contributed by atoms with van der Waals surface area (Å²) in [4.78, 5) is 36.8. The van der Waals surface area contributed by atoms with E-state index < -0.39 is 10.5 Å². The molecule has 9 nitrogen and oxygen atoms in total. The summed E-state index contributed by atoms with van der Waals surface area (Å²) < 4.78 is 11.5.